The molecule has 1 saturated carbocycles. The zero-order valence-corrected chi connectivity index (χ0v) is 18.0. The number of aryl methyl sites for hydroxylation is 3. The van der Waals surface area contributed by atoms with E-state index in [1.165, 1.54) is 0 Å². The quantitative estimate of drug-likeness (QED) is 0.447. The van der Waals surface area contributed by atoms with Gasteiger partial charge in [-0.1, -0.05) is 30.3 Å². The average Bonchev–Trinajstić information content (AvgIpc) is 3.49. The number of carbonyl (C=O) groups excluding carboxylic acids is 1. The van der Waals surface area contributed by atoms with Crippen molar-refractivity contribution < 1.29 is 13.6 Å². The lowest BCUT2D eigenvalue weighted by Crippen LogP contribution is -2.26. The van der Waals surface area contributed by atoms with Crippen molar-refractivity contribution in [2.45, 2.75) is 52.5 Å². The third kappa shape index (κ3) is 3.44. The lowest BCUT2D eigenvalue weighted by atomic mass is 9.96. The highest BCUT2D eigenvalue weighted by Crippen LogP contribution is 2.39. The maximum Gasteiger partial charge on any atom is 0.339 e. The summed E-state index contributed by atoms with van der Waals surface area (Å²) in [5.74, 6) is 0.821. The first kappa shape index (κ1) is 19.6. The number of carbonyl (C=O) groups is 1. The van der Waals surface area contributed by atoms with Gasteiger partial charge in [-0.15, -0.1) is 0 Å². The van der Waals surface area contributed by atoms with Crippen LogP contribution in [0.5, 0.6) is 0 Å². The van der Waals surface area contributed by atoms with Gasteiger partial charge in [-0.2, -0.15) is 0 Å². The van der Waals surface area contributed by atoms with Crippen LogP contribution in [0.25, 0.3) is 33.1 Å². The number of furan rings is 1. The molecule has 2 heterocycles. The van der Waals surface area contributed by atoms with Crippen LogP contribution in [-0.2, 0) is 11.2 Å². The van der Waals surface area contributed by atoms with Gasteiger partial charge in [-0.05, 0) is 57.2 Å². The van der Waals surface area contributed by atoms with Crippen molar-refractivity contribution in [3.8, 4) is 11.1 Å². The first-order valence-corrected chi connectivity index (χ1v) is 10.8. The molecule has 2 aromatic heterocycles. The summed E-state index contributed by atoms with van der Waals surface area (Å²) < 4.78 is 11.9. The van der Waals surface area contributed by atoms with Gasteiger partial charge in [0, 0.05) is 39.9 Å². The Balaban J connectivity index is 1.64. The molecule has 0 unspecified atom stereocenters. The van der Waals surface area contributed by atoms with Crippen molar-refractivity contribution in [1.82, 2.24) is 5.32 Å². The number of hydrogen-bond acceptors (Lipinski definition) is 4. The van der Waals surface area contributed by atoms with Crippen molar-refractivity contribution in [3.63, 3.8) is 0 Å². The van der Waals surface area contributed by atoms with Gasteiger partial charge in [0.2, 0.25) is 5.91 Å². The maximum atomic E-state index is 12.8. The van der Waals surface area contributed by atoms with Gasteiger partial charge in [0.05, 0.1) is 0 Å². The van der Waals surface area contributed by atoms with E-state index < -0.39 is 0 Å². The fourth-order valence-electron chi connectivity index (χ4n) is 4.39. The average molecular weight is 415 g/mol. The fourth-order valence-corrected chi connectivity index (χ4v) is 4.39. The Kier molecular flexibility index (Phi) is 4.69. The van der Waals surface area contributed by atoms with Crippen LogP contribution in [0.15, 0.2) is 50.0 Å². The molecule has 4 aromatic rings. The molecule has 1 aliphatic rings. The Bertz CT molecular complexity index is 1370. The second-order valence-electron chi connectivity index (χ2n) is 8.49. The number of benzene rings is 2. The second-order valence-corrected chi connectivity index (χ2v) is 8.49. The van der Waals surface area contributed by atoms with Gasteiger partial charge in [-0.25, -0.2) is 4.79 Å². The summed E-state index contributed by atoms with van der Waals surface area (Å²) >= 11 is 0. The molecule has 158 valence electrons. The molecule has 5 rings (SSSR count). The Hall–Kier alpha value is -3.34. The molecule has 0 aliphatic heterocycles. The molecule has 5 heteroatoms. The molecule has 0 spiro atoms. The minimum Gasteiger partial charge on any atom is -0.460 e. The van der Waals surface area contributed by atoms with E-state index in [9.17, 15) is 9.59 Å². The fraction of sp³-hybridized carbons (Fsp3) is 0.308. The Morgan fingerprint density at radius 1 is 1.00 bits per heavy atom. The first-order chi connectivity index (χ1) is 14.9. The number of nitrogens with one attached hydrogen (secondary N) is 1. The zero-order chi connectivity index (χ0) is 21.7. The summed E-state index contributed by atoms with van der Waals surface area (Å²) in [5.41, 5.74) is 5.31. The number of fused-ring (bicyclic) bond motifs is 2. The number of rotatable bonds is 5. The van der Waals surface area contributed by atoms with Crippen molar-refractivity contribution in [2.24, 2.45) is 0 Å². The Morgan fingerprint density at radius 3 is 2.42 bits per heavy atom. The molecule has 5 nitrogen and oxygen atoms in total. The van der Waals surface area contributed by atoms with E-state index in [1.54, 1.807) is 0 Å². The van der Waals surface area contributed by atoms with E-state index in [4.69, 9.17) is 8.83 Å². The highest BCUT2D eigenvalue weighted by atomic mass is 16.4. The molecule has 0 bridgehead atoms. The molecular formula is C26H25NO4. The van der Waals surface area contributed by atoms with Crippen molar-refractivity contribution >= 4 is 27.8 Å². The summed E-state index contributed by atoms with van der Waals surface area (Å²) in [6, 6.07) is 12.5. The van der Waals surface area contributed by atoms with Crippen LogP contribution in [0, 0.1) is 20.8 Å². The van der Waals surface area contributed by atoms with Crippen LogP contribution in [0.4, 0.5) is 0 Å². The van der Waals surface area contributed by atoms with Gasteiger partial charge >= 0.3 is 5.63 Å². The molecule has 0 saturated heterocycles. The predicted octanol–water partition coefficient (Wildman–Crippen LogP) is 5.34. The van der Waals surface area contributed by atoms with Gasteiger partial charge in [0.1, 0.15) is 16.9 Å². The minimum absolute atomic E-state index is 0.00940. The Morgan fingerprint density at radius 2 is 1.71 bits per heavy atom. The monoisotopic (exact) mass is 415 g/mol. The van der Waals surface area contributed by atoms with Gasteiger partial charge in [0.25, 0.3) is 0 Å². The summed E-state index contributed by atoms with van der Waals surface area (Å²) in [4.78, 5) is 24.9. The first-order valence-electron chi connectivity index (χ1n) is 10.8. The van der Waals surface area contributed by atoms with Crippen LogP contribution in [0.3, 0.4) is 0 Å². The normalized spacial score (nSPS) is 13.8. The van der Waals surface area contributed by atoms with Crippen molar-refractivity contribution in [1.29, 1.82) is 0 Å². The molecule has 1 fully saturated rings. The molecule has 2 aromatic carbocycles. The Labute approximate surface area is 180 Å². The smallest absolute Gasteiger partial charge is 0.339 e. The van der Waals surface area contributed by atoms with E-state index in [-0.39, 0.29) is 18.0 Å². The zero-order valence-electron chi connectivity index (χ0n) is 18.0. The molecule has 0 atom stereocenters. The topological polar surface area (TPSA) is 72.5 Å². The number of hydrogen-bond donors (Lipinski definition) is 1. The summed E-state index contributed by atoms with van der Waals surface area (Å²) in [7, 11) is 0. The van der Waals surface area contributed by atoms with E-state index in [0.717, 1.165) is 57.2 Å². The lowest BCUT2D eigenvalue weighted by Gasteiger charge is -2.10. The second kappa shape index (κ2) is 7.41. The van der Waals surface area contributed by atoms with E-state index in [1.807, 2.05) is 39.0 Å². The van der Waals surface area contributed by atoms with E-state index >= 15 is 0 Å². The maximum absolute atomic E-state index is 12.8. The largest absolute Gasteiger partial charge is 0.460 e. The van der Waals surface area contributed by atoms with Gasteiger partial charge in [-0.3, -0.25) is 4.79 Å². The van der Waals surface area contributed by atoms with Crippen LogP contribution >= 0.6 is 0 Å². The lowest BCUT2D eigenvalue weighted by molar-refractivity contribution is -0.121. The van der Waals surface area contributed by atoms with Crippen LogP contribution in [0.2, 0.25) is 0 Å². The van der Waals surface area contributed by atoms with E-state index in [0.29, 0.717) is 23.6 Å². The minimum atomic E-state index is -0.377. The highest BCUT2D eigenvalue weighted by Gasteiger charge is 2.24. The van der Waals surface area contributed by atoms with E-state index in [2.05, 4.69) is 23.5 Å². The van der Waals surface area contributed by atoms with Crippen LogP contribution in [-0.4, -0.2) is 11.9 Å². The molecule has 1 aliphatic carbocycles. The van der Waals surface area contributed by atoms with Crippen LogP contribution < -0.4 is 10.9 Å². The molecule has 0 radical (unpaired) electrons. The SMILES string of the molecule is Cc1oc2c(C)c3oc(=O)c(CCC(=O)NC4CC4)c(C)c3cc2c1-c1ccccc1. The summed E-state index contributed by atoms with van der Waals surface area (Å²) in [5, 5.41) is 4.87. The van der Waals surface area contributed by atoms with Crippen LogP contribution in [0.1, 0.15) is 41.7 Å². The van der Waals surface area contributed by atoms with Crippen molar-refractivity contribution in [3.05, 3.63) is 69.3 Å². The summed E-state index contributed by atoms with van der Waals surface area (Å²) in [6.45, 7) is 5.82. The molecule has 1 amide bonds. The predicted molar refractivity (Wildman–Crippen MR) is 121 cm³/mol. The van der Waals surface area contributed by atoms with Crippen molar-refractivity contribution in [2.75, 3.05) is 0 Å². The summed E-state index contributed by atoms with van der Waals surface area (Å²) in [6.07, 6.45) is 2.75. The van der Waals surface area contributed by atoms with Gasteiger partial charge in [0.15, 0.2) is 0 Å². The third-order valence-electron chi connectivity index (χ3n) is 6.24. The standard InChI is InChI=1S/C26H25NO4/c1-14-19(11-12-22(28)27-18-9-10-18)26(29)31-24-15(2)25-21(13-20(14)24)23(16(3)30-25)17-7-5-4-6-8-17/h4-8,13,18H,9-12H2,1-3H3,(H,27,28). The molecular weight excluding hydrogens is 390 g/mol. The molecule has 31 heavy (non-hydrogen) atoms. The highest BCUT2D eigenvalue weighted by molar-refractivity contribution is 6.05. The third-order valence-corrected chi connectivity index (χ3v) is 6.24. The number of amides is 1. The van der Waals surface area contributed by atoms with Gasteiger partial charge < -0.3 is 14.2 Å². The molecule has 1 N–H and O–H groups in total.